The number of hydrogen-bond acceptors (Lipinski definition) is 3. The molecule has 2 aromatic rings. The third-order valence-electron chi connectivity index (χ3n) is 3.80. The van der Waals surface area contributed by atoms with Gasteiger partial charge in [0.2, 0.25) is 10.0 Å². The van der Waals surface area contributed by atoms with E-state index >= 15 is 0 Å². The van der Waals surface area contributed by atoms with Gasteiger partial charge in [0, 0.05) is 19.4 Å². The van der Waals surface area contributed by atoms with Crippen LogP contribution in [-0.2, 0) is 22.9 Å². The van der Waals surface area contributed by atoms with Gasteiger partial charge in [-0.3, -0.25) is 0 Å². The molecule has 0 saturated carbocycles. The molecule has 0 amide bonds. The second kappa shape index (κ2) is 5.26. The van der Waals surface area contributed by atoms with Gasteiger partial charge in [-0.05, 0) is 23.3 Å². The van der Waals surface area contributed by atoms with E-state index in [4.69, 9.17) is 0 Å². The Bertz CT molecular complexity index is 716. The van der Waals surface area contributed by atoms with Gasteiger partial charge in [-0.1, -0.05) is 42.5 Å². The monoisotopic (exact) mass is 303 g/mol. The first-order valence-electron chi connectivity index (χ1n) is 6.82. The van der Waals surface area contributed by atoms with E-state index in [0.717, 1.165) is 11.1 Å². The highest BCUT2D eigenvalue weighted by Gasteiger charge is 2.35. The van der Waals surface area contributed by atoms with Crippen molar-refractivity contribution < 1.29 is 13.5 Å². The molecule has 0 aromatic heterocycles. The third-order valence-corrected chi connectivity index (χ3v) is 5.22. The average Bonchev–Trinajstić information content (AvgIpc) is 2.83. The molecule has 0 spiro atoms. The van der Waals surface area contributed by atoms with Crippen LogP contribution in [0.2, 0.25) is 0 Å². The molecular formula is C16H17NO3S. The molecule has 1 aliphatic rings. The zero-order valence-corrected chi connectivity index (χ0v) is 12.3. The number of rotatable bonds is 4. The number of nitrogens with one attached hydrogen (secondary N) is 1. The van der Waals surface area contributed by atoms with Crippen LogP contribution in [0.15, 0.2) is 59.5 Å². The van der Waals surface area contributed by atoms with E-state index < -0.39 is 15.6 Å². The van der Waals surface area contributed by atoms with Crippen molar-refractivity contribution in [3.05, 3.63) is 65.7 Å². The molecule has 0 atom stereocenters. The molecular weight excluding hydrogens is 286 g/mol. The first kappa shape index (κ1) is 14.3. The molecule has 2 aromatic carbocycles. The first-order chi connectivity index (χ1) is 9.99. The fourth-order valence-corrected chi connectivity index (χ4v) is 3.85. The van der Waals surface area contributed by atoms with Crippen LogP contribution in [0.3, 0.4) is 0 Å². The lowest BCUT2D eigenvalue weighted by Crippen LogP contribution is -2.43. The Hall–Kier alpha value is -1.69. The van der Waals surface area contributed by atoms with Gasteiger partial charge in [0.25, 0.3) is 0 Å². The molecule has 0 radical (unpaired) electrons. The van der Waals surface area contributed by atoms with Gasteiger partial charge < -0.3 is 5.11 Å². The van der Waals surface area contributed by atoms with Crippen LogP contribution in [0.4, 0.5) is 0 Å². The van der Waals surface area contributed by atoms with E-state index in [1.807, 2.05) is 24.3 Å². The normalized spacial score (nSPS) is 16.6. The van der Waals surface area contributed by atoms with Crippen molar-refractivity contribution in [1.82, 2.24) is 4.72 Å². The van der Waals surface area contributed by atoms with E-state index in [1.54, 1.807) is 18.2 Å². The maximum Gasteiger partial charge on any atom is 0.240 e. The van der Waals surface area contributed by atoms with Gasteiger partial charge in [0.15, 0.2) is 0 Å². The van der Waals surface area contributed by atoms with Crippen molar-refractivity contribution in [1.29, 1.82) is 0 Å². The molecule has 3 rings (SSSR count). The number of aliphatic hydroxyl groups is 1. The van der Waals surface area contributed by atoms with E-state index in [9.17, 15) is 13.5 Å². The molecule has 0 heterocycles. The molecule has 0 saturated heterocycles. The predicted molar refractivity (Wildman–Crippen MR) is 80.4 cm³/mol. The molecule has 0 bridgehead atoms. The van der Waals surface area contributed by atoms with Gasteiger partial charge in [-0.2, -0.15) is 0 Å². The summed E-state index contributed by atoms with van der Waals surface area (Å²) >= 11 is 0. The minimum atomic E-state index is -3.58. The van der Waals surface area contributed by atoms with Gasteiger partial charge >= 0.3 is 0 Å². The fourth-order valence-electron chi connectivity index (χ4n) is 2.71. The molecule has 4 nitrogen and oxygen atoms in total. The molecule has 1 aliphatic carbocycles. The second-order valence-corrected chi connectivity index (χ2v) is 7.25. The van der Waals surface area contributed by atoms with Gasteiger partial charge in [-0.25, -0.2) is 13.1 Å². The Morgan fingerprint density at radius 3 is 2.05 bits per heavy atom. The molecule has 0 aliphatic heterocycles. The topological polar surface area (TPSA) is 66.4 Å². The Balaban J connectivity index is 1.72. The van der Waals surface area contributed by atoms with Gasteiger partial charge in [-0.15, -0.1) is 0 Å². The molecule has 2 N–H and O–H groups in total. The Morgan fingerprint density at radius 2 is 1.48 bits per heavy atom. The van der Waals surface area contributed by atoms with Crippen molar-refractivity contribution in [2.24, 2.45) is 0 Å². The van der Waals surface area contributed by atoms with Crippen LogP contribution in [0, 0.1) is 0 Å². The van der Waals surface area contributed by atoms with Crippen LogP contribution in [0.1, 0.15) is 11.1 Å². The number of benzene rings is 2. The summed E-state index contributed by atoms with van der Waals surface area (Å²) in [6.07, 6.45) is 0.945. The minimum absolute atomic E-state index is 0.0128. The first-order valence-corrected chi connectivity index (χ1v) is 8.31. The summed E-state index contributed by atoms with van der Waals surface area (Å²) in [6.45, 7) is 0.0128. The summed E-state index contributed by atoms with van der Waals surface area (Å²) < 4.78 is 26.9. The number of hydrogen-bond donors (Lipinski definition) is 2. The highest BCUT2D eigenvalue weighted by atomic mass is 32.2. The molecule has 0 fully saturated rings. The van der Waals surface area contributed by atoms with Crippen molar-refractivity contribution in [2.45, 2.75) is 23.3 Å². The van der Waals surface area contributed by atoms with Crippen LogP contribution >= 0.6 is 0 Å². The Kier molecular flexibility index (Phi) is 3.57. The largest absolute Gasteiger partial charge is 0.388 e. The molecule has 0 unspecified atom stereocenters. The standard InChI is InChI=1S/C16H17NO3S/c18-16(10-13-6-4-5-7-14(13)11-16)12-17-21(19,20)15-8-2-1-3-9-15/h1-9,17-18H,10-12H2. The van der Waals surface area contributed by atoms with Crippen molar-refractivity contribution >= 4 is 10.0 Å². The summed E-state index contributed by atoms with van der Waals surface area (Å²) in [4.78, 5) is 0.212. The Labute approximate surface area is 124 Å². The summed E-state index contributed by atoms with van der Waals surface area (Å²) in [7, 11) is -3.58. The summed E-state index contributed by atoms with van der Waals surface area (Å²) in [5.41, 5.74) is 1.11. The van der Waals surface area contributed by atoms with Crippen LogP contribution in [-0.4, -0.2) is 25.7 Å². The quantitative estimate of drug-likeness (QED) is 0.899. The lowest BCUT2D eigenvalue weighted by molar-refractivity contribution is 0.0567. The lowest BCUT2D eigenvalue weighted by Gasteiger charge is -2.22. The maximum absolute atomic E-state index is 12.2. The van der Waals surface area contributed by atoms with E-state index in [2.05, 4.69) is 4.72 Å². The zero-order chi connectivity index (χ0) is 14.9. The highest BCUT2D eigenvalue weighted by molar-refractivity contribution is 7.89. The summed E-state index contributed by atoms with van der Waals surface area (Å²) in [6, 6.07) is 16.0. The predicted octanol–water partition coefficient (Wildman–Crippen LogP) is 1.49. The van der Waals surface area contributed by atoms with E-state index in [-0.39, 0.29) is 11.4 Å². The van der Waals surface area contributed by atoms with Crippen LogP contribution < -0.4 is 4.72 Å². The summed E-state index contributed by atoms with van der Waals surface area (Å²) in [5.74, 6) is 0. The SMILES string of the molecule is O=S(=O)(NCC1(O)Cc2ccccc2C1)c1ccccc1. The molecule has 110 valence electrons. The van der Waals surface area contributed by atoms with E-state index in [0.29, 0.717) is 12.8 Å². The average molecular weight is 303 g/mol. The van der Waals surface area contributed by atoms with Crippen LogP contribution in [0.5, 0.6) is 0 Å². The summed E-state index contributed by atoms with van der Waals surface area (Å²) in [5, 5.41) is 10.6. The highest BCUT2D eigenvalue weighted by Crippen LogP contribution is 2.29. The molecule has 5 heteroatoms. The van der Waals surface area contributed by atoms with Gasteiger partial charge in [0.05, 0.1) is 10.5 Å². The second-order valence-electron chi connectivity index (χ2n) is 5.48. The number of fused-ring (bicyclic) bond motifs is 1. The van der Waals surface area contributed by atoms with Gasteiger partial charge in [0.1, 0.15) is 0 Å². The van der Waals surface area contributed by atoms with Crippen molar-refractivity contribution in [3.8, 4) is 0 Å². The van der Waals surface area contributed by atoms with E-state index in [1.165, 1.54) is 12.1 Å². The fraction of sp³-hybridized carbons (Fsp3) is 0.250. The molecule has 21 heavy (non-hydrogen) atoms. The van der Waals surface area contributed by atoms with Crippen molar-refractivity contribution in [2.75, 3.05) is 6.54 Å². The third kappa shape index (κ3) is 3.00. The smallest absolute Gasteiger partial charge is 0.240 e. The van der Waals surface area contributed by atoms with Crippen LogP contribution in [0.25, 0.3) is 0 Å². The van der Waals surface area contributed by atoms with Crippen molar-refractivity contribution in [3.63, 3.8) is 0 Å². The minimum Gasteiger partial charge on any atom is -0.388 e. The number of sulfonamides is 1. The Morgan fingerprint density at radius 1 is 0.952 bits per heavy atom. The zero-order valence-electron chi connectivity index (χ0n) is 11.5. The maximum atomic E-state index is 12.2. The lowest BCUT2D eigenvalue weighted by atomic mass is 10.0.